The quantitative estimate of drug-likeness (QED) is 0.859. The number of carbonyl (C=O) groups excluding carboxylic acids is 1. The molecular weight excluding hydrogens is 257 g/mol. The second-order valence-electron chi connectivity index (χ2n) is 4.22. The number of halogens is 3. The summed E-state index contributed by atoms with van der Waals surface area (Å²) >= 11 is 0. The molecule has 0 aliphatic heterocycles. The first-order chi connectivity index (χ1) is 8.77. The van der Waals surface area contributed by atoms with Gasteiger partial charge in [0.05, 0.1) is 11.1 Å². The summed E-state index contributed by atoms with van der Waals surface area (Å²) < 4.78 is 39.0. The molecule has 0 unspecified atom stereocenters. The number of pyridine rings is 1. The van der Waals surface area contributed by atoms with E-state index >= 15 is 0 Å². The van der Waals surface area contributed by atoms with Gasteiger partial charge in [0.15, 0.2) is 0 Å². The summed E-state index contributed by atoms with van der Waals surface area (Å²) in [6, 6.07) is 5.26. The average molecular weight is 268 g/mol. The number of amides is 1. The molecule has 0 aliphatic carbocycles. The topological polar surface area (TPSA) is 42.0 Å². The number of fused-ring (bicyclic) bond motifs is 1. The van der Waals surface area contributed by atoms with Crippen molar-refractivity contribution in [1.29, 1.82) is 0 Å². The molecule has 0 spiro atoms. The monoisotopic (exact) mass is 268 g/mol. The maximum Gasteiger partial charge on any atom is 0.417 e. The molecule has 2 aromatic rings. The van der Waals surface area contributed by atoms with Crippen molar-refractivity contribution in [3.8, 4) is 0 Å². The van der Waals surface area contributed by atoms with E-state index in [2.05, 4.69) is 10.3 Å². The summed E-state index contributed by atoms with van der Waals surface area (Å²) in [5.41, 5.74) is 0.103. The van der Waals surface area contributed by atoms with Crippen molar-refractivity contribution in [3.63, 3.8) is 0 Å². The van der Waals surface area contributed by atoms with Crippen LogP contribution in [0.25, 0.3) is 10.9 Å². The van der Waals surface area contributed by atoms with E-state index in [0.29, 0.717) is 5.69 Å². The Bertz CT molecular complexity index is 650. The van der Waals surface area contributed by atoms with Crippen LogP contribution < -0.4 is 5.32 Å². The minimum absolute atomic E-state index is 0.0206. The van der Waals surface area contributed by atoms with Crippen molar-refractivity contribution in [3.05, 3.63) is 35.5 Å². The highest BCUT2D eigenvalue weighted by Gasteiger charge is 2.33. The molecule has 0 atom stereocenters. The van der Waals surface area contributed by atoms with Crippen LogP contribution in [0.4, 0.5) is 18.9 Å². The smallest absolute Gasteiger partial charge is 0.326 e. The number of carbonyl (C=O) groups is 1. The van der Waals surface area contributed by atoms with Crippen molar-refractivity contribution in [2.75, 3.05) is 5.32 Å². The van der Waals surface area contributed by atoms with Gasteiger partial charge in [0.25, 0.3) is 0 Å². The lowest BCUT2D eigenvalue weighted by Gasteiger charge is -2.13. The Kier molecular flexibility index (Phi) is 3.18. The highest BCUT2D eigenvalue weighted by Crippen LogP contribution is 2.36. The first kappa shape index (κ1) is 13.3. The second-order valence-corrected chi connectivity index (χ2v) is 4.22. The van der Waals surface area contributed by atoms with E-state index in [1.54, 1.807) is 6.92 Å². The van der Waals surface area contributed by atoms with Gasteiger partial charge in [0.2, 0.25) is 5.91 Å². The summed E-state index contributed by atoms with van der Waals surface area (Å²) in [5, 5.41) is 2.37. The van der Waals surface area contributed by atoms with Crippen LogP contribution in [-0.4, -0.2) is 10.9 Å². The van der Waals surface area contributed by atoms with Gasteiger partial charge in [-0.25, -0.2) is 0 Å². The number of hydrogen-bond donors (Lipinski definition) is 1. The van der Waals surface area contributed by atoms with Crippen LogP contribution in [-0.2, 0) is 11.0 Å². The number of aryl methyl sites for hydroxylation is 1. The fourth-order valence-electron chi connectivity index (χ4n) is 1.85. The van der Waals surface area contributed by atoms with E-state index < -0.39 is 17.6 Å². The molecule has 0 aliphatic rings. The zero-order chi connectivity index (χ0) is 14.2. The molecule has 3 nitrogen and oxygen atoms in total. The normalized spacial score (nSPS) is 11.6. The summed E-state index contributed by atoms with van der Waals surface area (Å²) in [5.74, 6) is -0.430. The molecule has 0 saturated carbocycles. The Morgan fingerprint density at radius 2 is 1.95 bits per heavy atom. The number of hydrogen-bond acceptors (Lipinski definition) is 2. The number of benzene rings is 1. The van der Waals surface area contributed by atoms with Gasteiger partial charge in [-0.3, -0.25) is 9.78 Å². The Morgan fingerprint density at radius 1 is 1.26 bits per heavy atom. The molecule has 0 bridgehead atoms. The van der Waals surface area contributed by atoms with Gasteiger partial charge in [-0.05, 0) is 25.1 Å². The number of aromatic nitrogens is 1. The summed E-state index contributed by atoms with van der Waals surface area (Å²) in [7, 11) is 0. The molecule has 1 aromatic carbocycles. The third kappa shape index (κ3) is 2.83. The zero-order valence-electron chi connectivity index (χ0n) is 10.3. The summed E-state index contributed by atoms with van der Waals surface area (Å²) in [6.07, 6.45) is -4.50. The molecule has 0 fully saturated rings. The van der Waals surface area contributed by atoms with Gasteiger partial charge in [0.1, 0.15) is 0 Å². The SMILES string of the molecule is CC(=O)Nc1cc(C(F)(F)F)c2ccc(C)nc2c1. The Hall–Kier alpha value is -2.11. The van der Waals surface area contributed by atoms with Crippen LogP contribution in [0.2, 0.25) is 0 Å². The number of nitrogens with zero attached hydrogens (tertiary/aromatic N) is 1. The molecule has 100 valence electrons. The maximum absolute atomic E-state index is 13.0. The van der Waals surface area contributed by atoms with Crippen LogP contribution in [0.15, 0.2) is 24.3 Å². The van der Waals surface area contributed by atoms with E-state index in [0.717, 1.165) is 6.07 Å². The lowest BCUT2D eigenvalue weighted by molar-refractivity contribution is -0.136. The molecule has 19 heavy (non-hydrogen) atoms. The van der Waals surface area contributed by atoms with E-state index in [-0.39, 0.29) is 16.6 Å². The van der Waals surface area contributed by atoms with Crippen molar-refractivity contribution < 1.29 is 18.0 Å². The lowest BCUT2D eigenvalue weighted by Crippen LogP contribution is -2.10. The minimum Gasteiger partial charge on any atom is -0.326 e. The van der Waals surface area contributed by atoms with E-state index in [9.17, 15) is 18.0 Å². The lowest BCUT2D eigenvalue weighted by atomic mass is 10.1. The Morgan fingerprint density at radius 3 is 2.53 bits per heavy atom. The van der Waals surface area contributed by atoms with Crippen LogP contribution >= 0.6 is 0 Å². The van der Waals surface area contributed by atoms with Crippen LogP contribution in [0.5, 0.6) is 0 Å². The van der Waals surface area contributed by atoms with Crippen LogP contribution in [0.1, 0.15) is 18.2 Å². The fraction of sp³-hybridized carbons (Fsp3) is 0.231. The maximum atomic E-state index is 13.0. The largest absolute Gasteiger partial charge is 0.417 e. The van der Waals surface area contributed by atoms with Gasteiger partial charge in [-0.15, -0.1) is 0 Å². The molecule has 1 amide bonds. The molecule has 6 heteroatoms. The molecular formula is C13H11F3N2O. The number of alkyl halides is 3. The van der Waals surface area contributed by atoms with Crippen LogP contribution in [0.3, 0.4) is 0 Å². The Labute approximate surface area is 107 Å². The third-order valence-electron chi connectivity index (χ3n) is 2.57. The Balaban J connectivity index is 2.72. The number of nitrogens with one attached hydrogen (secondary N) is 1. The second kappa shape index (κ2) is 4.53. The standard InChI is InChI=1S/C13H11F3N2O/c1-7-3-4-10-11(13(14,15)16)5-9(18-8(2)19)6-12(10)17-7/h3-6H,1-2H3,(H,18,19). The molecule has 0 saturated heterocycles. The van der Waals surface area contributed by atoms with Gasteiger partial charge in [-0.2, -0.15) is 13.2 Å². The van der Waals surface area contributed by atoms with Gasteiger partial charge in [0, 0.05) is 23.7 Å². The molecule has 0 radical (unpaired) electrons. The molecule has 2 rings (SSSR count). The summed E-state index contributed by atoms with van der Waals surface area (Å²) in [4.78, 5) is 15.0. The molecule has 1 heterocycles. The average Bonchev–Trinajstić information content (AvgIpc) is 2.25. The molecule has 1 N–H and O–H groups in total. The summed E-state index contributed by atoms with van der Waals surface area (Å²) in [6.45, 7) is 2.93. The van der Waals surface area contributed by atoms with Crippen molar-refractivity contribution >= 4 is 22.5 Å². The van der Waals surface area contributed by atoms with Gasteiger partial charge < -0.3 is 5.32 Å². The third-order valence-corrected chi connectivity index (χ3v) is 2.57. The van der Waals surface area contributed by atoms with Crippen molar-refractivity contribution in [2.24, 2.45) is 0 Å². The minimum atomic E-state index is -4.50. The fourth-order valence-corrected chi connectivity index (χ4v) is 1.85. The van der Waals surface area contributed by atoms with Gasteiger partial charge in [-0.1, -0.05) is 6.07 Å². The van der Waals surface area contributed by atoms with E-state index in [4.69, 9.17) is 0 Å². The highest BCUT2D eigenvalue weighted by molar-refractivity contribution is 5.93. The number of rotatable bonds is 1. The first-order valence-electron chi connectivity index (χ1n) is 5.53. The number of anilines is 1. The van der Waals surface area contributed by atoms with E-state index in [1.807, 2.05) is 0 Å². The van der Waals surface area contributed by atoms with Crippen molar-refractivity contribution in [2.45, 2.75) is 20.0 Å². The van der Waals surface area contributed by atoms with Crippen LogP contribution in [0, 0.1) is 6.92 Å². The van der Waals surface area contributed by atoms with Crippen molar-refractivity contribution in [1.82, 2.24) is 4.98 Å². The first-order valence-corrected chi connectivity index (χ1v) is 5.53. The predicted molar refractivity (Wildman–Crippen MR) is 65.8 cm³/mol. The molecule has 1 aromatic heterocycles. The van der Waals surface area contributed by atoms with E-state index in [1.165, 1.54) is 25.1 Å². The van der Waals surface area contributed by atoms with Gasteiger partial charge >= 0.3 is 6.18 Å². The predicted octanol–water partition coefficient (Wildman–Crippen LogP) is 3.52. The highest BCUT2D eigenvalue weighted by atomic mass is 19.4. The zero-order valence-corrected chi connectivity index (χ0v) is 10.3.